The standard InChI is InChI=1S/C15H21N3/c16-15(9-4-1-5-10-15)11-8-14-17-12-6-2-3-7-13(12)18-14/h2-3,6-7H,1,4-5,8-11,16H2,(H,17,18). The molecule has 1 aromatic carbocycles. The molecular formula is C15H21N3. The lowest BCUT2D eigenvalue weighted by molar-refractivity contribution is 0.277. The van der Waals surface area contributed by atoms with E-state index in [1.54, 1.807) is 0 Å². The molecule has 1 aliphatic carbocycles. The van der Waals surface area contributed by atoms with Gasteiger partial charge in [-0.2, -0.15) is 0 Å². The molecule has 0 radical (unpaired) electrons. The zero-order valence-corrected chi connectivity index (χ0v) is 10.8. The minimum absolute atomic E-state index is 0.0528. The predicted octanol–water partition coefficient (Wildman–Crippen LogP) is 3.16. The molecule has 0 unspecified atom stereocenters. The summed E-state index contributed by atoms with van der Waals surface area (Å²) in [5.74, 6) is 1.08. The Kier molecular flexibility index (Phi) is 3.08. The van der Waals surface area contributed by atoms with E-state index in [1.165, 1.54) is 32.1 Å². The number of rotatable bonds is 3. The summed E-state index contributed by atoms with van der Waals surface area (Å²) in [6.07, 6.45) is 8.29. The molecule has 1 aromatic heterocycles. The summed E-state index contributed by atoms with van der Waals surface area (Å²) in [4.78, 5) is 8.00. The molecule has 0 aliphatic heterocycles. The topological polar surface area (TPSA) is 54.7 Å². The summed E-state index contributed by atoms with van der Waals surface area (Å²) in [7, 11) is 0. The summed E-state index contributed by atoms with van der Waals surface area (Å²) in [5, 5.41) is 0. The van der Waals surface area contributed by atoms with Crippen molar-refractivity contribution in [3.63, 3.8) is 0 Å². The third-order valence-electron chi connectivity index (χ3n) is 4.15. The van der Waals surface area contributed by atoms with Gasteiger partial charge in [0.1, 0.15) is 5.82 Å². The summed E-state index contributed by atoms with van der Waals surface area (Å²) >= 11 is 0. The van der Waals surface area contributed by atoms with Gasteiger partial charge >= 0.3 is 0 Å². The van der Waals surface area contributed by atoms with Crippen molar-refractivity contribution in [1.82, 2.24) is 9.97 Å². The van der Waals surface area contributed by atoms with Crippen molar-refractivity contribution in [2.75, 3.05) is 0 Å². The Balaban J connectivity index is 1.69. The lowest BCUT2D eigenvalue weighted by Crippen LogP contribution is -2.42. The summed E-state index contributed by atoms with van der Waals surface area (Å²) in [6, 6.07) is 8.19. The van der Waals surface area contributed by atoms with Crippen LogP contribution >= 0.6 is 0 Å². The van der Waals surface area contributed by atoms with E-state index in [1.807, 2.05) is 18.2 Å². The van der Waals surface area contributed by atoms with E-state index in [9.17, 15) is 0 Å². The first-order valence-corrected chi connectivity index (χ1v) is 6.98. The normalized spacial score (nSPS) is 19.2. The monoisotopic (exact) mass is 243 g/mol. The lowest BCUT2D eigenvalue weighted by Gasteiger charge is -2.33. The van der Waals surface area contributed by atoms with Crippen LogP contribution in [0.3, 0.4) is 0 Å². The van der Waals surface area contributed by atoms with Gasteiger partial charge in [0.15, 0.2) is 0 Å². The highest BCUT2D eigenvalue weighted by Crippen LogP contribution is 2.29. The maximum atomic E-state index is 6.46. The third kappa shape index (κ3) is 2.41. The molecule has 2 aromatic rings. The fourth-order valence-corrected chi connectivity index (χ4v) is 3.00. The largest absolute Gasteiger partial charge is 0.342 e. The molecule has 18 heavy (non-hydrogen) atoms. The lowest BCUT2D eigenvalue weighted by atomic mass is 9.79. The molecule has 0 saturated heterocycles. The molecule has 3 nitrogen and oxygen atoms in total. The first-order chi connectivity index (χ1) is 8.75. The number of hydrogen-bond donors (Lipinski definition) is 2. The van der Waals surface area contributed by atoms with E-state index in [-0.39, 0.29) is 5.54 Å². The van der Waals surface area contributed by atoms with Crippen molar-refractivity contribution in [2.45, 2.75) is 50.5 Å². The van der Waals surface area contributed by atoms with E-state index in [4.69, 9.17) is 5.73 Å². The minimum atomic E-state index is 0.0528. The minimum Gasteiger partial charge on any atom is -0.342 e. The number of aromatic amines is 1. The highest BCUT2D eigenvalue weighted by molar-refractivity contribution is 5.74. The number of nitrogens with zero attached hydrogens (tertiary/aromatic N) is 1. The van der Waals surface area contributed by atoms with Crippen LogP contribution in [0.15, 0.2) is 24.3 Å². The van der Waals surface area contributed by atoms with Gasteiger partial charge in [0.25, 0.3) is 0 Å². The van der Waals surface area contributed by atoms with Crippen LogP contribution in [-0.4, -0.2) is 15.5 Å². The number of nitrogens with two attached hydrogens (primary N) is 1. The molecule has 0 bridgehead atoms. The maximum absolute atomic E-state index is 6.46. The Labute approximate surface area is 108 Å². The Bertz CT molecular complexity index is 490. The van der Waals surface area contributed by atoms with Crippen LogP contribution in [0.5, 0.6) is 0 Å². The molecule has 3 heteroatoms. The number of benzene rings is 1. The van der Waals surface area contributed by atoms with Gasteiger partial charge in [-0.15, -0.1) is 0 Å². The van der Waals surface area contributed by atoms with Crippen LogP contribution in [-0.2, 0) is 6.42 Å². The van der Waals surface area contributed by atoms with Gasteiger partial charge in [0.2, 0.25) is 0 Å². The molecule has 1 aliphatic rings. The van der Waals surface area contributed by atoms with Crippen molar-refractivity contribution < 1.29 is 0 Å². The Morgan fingerprint density at radius 3 is 2.72 bits per heavy atom. The molecule has 0 amide bonds. The number of aromatic nitrogens is 2. The number of imidazole rings is 1. The van der Waals surface area contributed by atoms with Crippen molar-refractivity contribution in [3.8, 4) is 0 Å². The molecule has 1 fully saturated rings. The molecule has 0 atom stereocenters. The highest BCUT2D eigenvalue weighted by Gasteiger charge is 2.27. The molecule has 3 N–H and O–H groups in total. The van der Waals surface area contributed by atoms with Gasteiger partial charge < -0.3 is 10.7 Å². The molecule has 96 valence electrons. The molecule has 3 rings (SSSR count). The molecule has 0 spiro atoms. The van der Waals surface area contributed by atoms with Gasteiger partial charge in [0.05, 0.1) is 11.0 Å². The summed E-state index contributed by atoms with van der Waals surface area (Å²) in [5.41, 5.74) is 8.70. The molecular weight excluding hydrogens is 222 g/mol. The fourth-order valence-electron chi connectivity index (χ4n) is 3.00. The van der Waals surface area contributed by atoms with Crippen LogP contribution in [0, 0.1) is 0 Å². The number of fused-ring (bicyclic) bond motifs is 1. The Morgan fingerprint density at radius 1 is 1.17 bits per heavy atom. The number of para-hydroxylation sites is 2. The zero-order valence-electron chi connectivity index (χ0n) is 10.8. The van der Waals surface area contributed by atoms with Crippen molar-refractivity contribution >= 4 is 11.0 Å². The van der Waals surface area contributed by atoms with E-state index in [0.29, 0.717) is 0 Å². The van der Waals surface area contributed by atoms with Crippen molar-refractivity contribution in [3.05, 3.63) is 30.1 Å². The van der Waals surface area contributed by atoms with Gasteiger partial charge in [0, 0.05) is 12.0 Å². The first kappa shape index (κ1) is 11.7. The second-order valence-corrected chi connectivity index (χ2v) is 5.62. The molecule has 1 saturated carbocycles. The van der Waals surface area contributed by atoms with E-state index in [0.717, 1.165) is 29.7 Å². The SMILES string of the molecule is NC1(CCc2nc3ccccc3[nH]2)CCCCC1. The van der Waals surface area contributed by atoms with Crippen LogP contribution in [0.25, 0.3) is 11.0 Å². The second kappa shape index (κ2) is 4.73. The number of hydrogen-bond acceptors (Lipinski definition) is 2. The van der Waals surface area contributed by atoms with Gasteiger partial charge in [-0.1, -0.05) is 31.4 Å². The second-order valence-electron chi connectivity index (χ2n) is 5.62. The van der Waals surface area contributed by atoms with Crippen LogP contribution < -0.4 is 5.73 Å². The Hall–Kier alpha value is -1.35. The van der Waals surface area contributed by atoms with E-state index >= 15 is 0 Å². The van der Waals surface area contributed by atoms with Gasteiger partial charge in [-0.3, -0.25) is 0 Å². The number of nitrogens with one attached hydrogen (secondary N) is 1. The average Bonchev–Trinajstić information content (AvgIpc) is 2.80. The van der Waals surface area contributed by atoms with E-state index in [2.05, 4.69) is 16.0 Å². The zero-order chi connectivity index (χ0) is 12.4. The van der Waals surface area contributed by atoms with Crippen LogP contribution in [0.4, 0.5) is 0 Å². The summed E-state index contributed by atoms with van der Waals surface area (Å²) < 4.78 is 0. The smallest absolute Gasteiger partial charge is 0.107 e. The average molecular weight is 243 g/mol. The van der Waals surface area contributed by atoms with Crippen LogP contribution in [0.2, 0.25) is 0 Å². The van der Waals surface area contributed by atoms with Gasteiger partial charge in [-0.25, -0.2) is 4.98 Å². The highest BCUT2D eigenvalue weighted by atomic mass is 14.9. The van der Waals surface area contributed by atoms with Crippen LogP contribution in [0.1, 0.15) is 44.3 Å². The summed E-state index contributed by atoms with van der Waals surface area (Å²) in [6.45, 7) is 0. The van der Waals surface area contributed by atoms with Gasteiger partial charge in [-0.05, 0) is 31.4 Å². The number of H-pyrrole nitrogens is 1. The quantitative estimate of drug-likeness (QED) is 0.870. The van der Waals surface area contributed by atoms with E-state index < -0.39 is 0 Å². The Morgan fingerprint density at radius 2 is 1.94 bits per heavy atom. The predicted molar refractivity (Wildman–Crippen MR) is 74.4 cm³/mol. The van der Waals surface area contributed by atoms with Crippen molar-refractivity contribution in [2.24, 2.45) is 5.73 Å². The fraction of sp³-hybridized carbons (Fsp3) is 0.533. The molecule has 1 heterocycles. The first-order valence-electron chi connectivity index (χ1n) is 6.98. The number of aryl methyl sites for hydroxylation is 1. The maximum Gasteiger partial charge on any atom is 0.107 e. The van der Waals surface area contributed by atoms with Crippen molar-refractivity contribution in [1.29, 1.82) is 0 Å². The third-order valence-corrected chi connectivity index (χ3v) is 4.15.